The minimum atomic E-state index is -0.699. The molecular formula is C14H18O4. The highest BCUT2D eigenvalue weighted by Crippen LogP contribution is 2.23. The molecule has 4 nitrogen and oxygen atoms in total. The summed E-state index contributed by atoms with van der Waals surface area (Å²) in [5.41, 5.74) is 1.47. The van der Waals surface area contributed by atoms with Crippen LogP contribution in [0, 0.1) is 6.92 Å². The number of hydrogen-bond donors (Lipinski definition) is 0. The van der Waals surface area contributed by atoms with Crippen molar-refractivity contribution in [3.8, 4) is 0 Å². The molecule has 2 rings (SSSR count). The lowest BCUT2D eigenvalue weighted by Crippen LogP contribution is -2.41. The van der Waals surface area contributed by atoms with E-state index in [4.69, 9.17) is 14.2 Å². The van der Waals surface area contributed by atoms with Crippen LogP contribution in [0.25, 0.3) is 0 Å². The molecule has 1 aliphatic heterocycles. The van der Waals surface area contributed by atoms with Gasteiger partial charge in [0.15, 0.2) is 5.79 Å². The van der Waals surface area contributed by atoms with Gasteiger partial charge in [0.1, 0.15) is 0 Å². The molecule has 0 radical (unpaired) electrons. The SMILES string of the molecule is Cc1ccccc1C(=O)OC1CCOC(C)(C)O1. The lowest BCUT2D eigenvalue weighted by atomic mass is 10.1. The van der Waals surface area contributed by atoms with Crippen molar-refractivity contribution < 1.29 is 19.0 Å². The number of carbonyl (C=O) groups is 1. The molecule has 1 fully saturated rings. The monoisotopic (exact) mass is 250 g/mol. The first-order chi connectivity index (χ1) is 8.48. The van der Waals surface area contributed by atoms with E-state index in [0.717, 1.165) is 5.56 Å². The molecule has 0 aliphatic carbocycles. The molecule has 1 aromatic rings. The van der Waals surface area contributed by atoms with Gasteiger partial charge < -0.3 is 14.2 Å². The standard InChI is InChI=1S/C14H18O4/c1-10-6-4-5-7-11(10)13(15)17-12-8-9-16-14(2,3)18-12/h4-7,12H,8-9H2,1-3H3. The molecule has 1 aromatic carbocycles. The van der Waals surface area contributed by atoms with Crippen molar-refractivity contribution in [3.05, 3.63) is 35.4 Å². The van der Waals surface area contributed by atoms with E-state index in [1.807, 2.05) is 25.1 Å². The van der Waals surface area contributed by atoms with Crippen LogP contribution in [0.3, 0.4) is 0 Å². The maximum absolute atomic E-state index is 12.0. The minimum Gasteiger partial charge on any atom is -0.432 e. The van der Waals surface area contributed by atoms with Crippen molar-refractivity contribution in [1.82, 2.24) is 0 Å². The number of ether oxygens (including phenoxy) is 3. The second kappa shape index (κ2) is 5.08. The summed E-state index contributed by atoms with van der Waals surface area (Å²) in [4.78, 5) is 12.0. The Morgan fingerprint density at radius 1 is 1.39 bits per heavy atom. The van der Waals surface area contributed by atoms with Crippen molar-refractivity contribution >= 4 is 5.97 Å². The van der Waals surface area contributed by atoms with Crippen LogP contribution in [0.15, 0.2) is 24.3 Å². The Kier molecular flexibility index (Phi) is 3.68. The molecule has 0 aromatic heterocycles. The number of carbonyl (C=O) groups excluding carboxylic acids is 1. The number of aryl methyl sites for hydroxylation is 1. The third-order valence-electron chi connectivity index (χ3n) is 2.82. The van der Waals surface area contributed by atoms with Crippen LogP contribution < -0.4 is 0 Å². The predicted molar refractivity (Wildman–Crippen MR) is 66.1 cm³/mol. The smallest absolute Gasteiger partial charge is 0.340 e. The highest BCUT2D eigenvalue weighted by Gasteiger charge is 2.31. The van der Waals surface area contributed by atoms with E-state index in [2.05, 4.69) is 0 Å². The van der Waals surface area contributed by atoms with Gasteiger partial charge in [-0.3, -0.25) is 0 Å². The first-order valence-corrected chi connectivity index (χ1v) is 6.06. The van der Waals surface area contributed by atoms with Crippen molar-refractivity contribution in [2.75, 3.05) is 6.61 Å². The van der Waals surface area contributed by atoms with Gasteiger partial charge in [0, 0.05) is 6.42 Å². The average molecular weight is 250 g/mol. The molecule has 1 heterocycles. The van der Waals surface area contributed by atoms with Gasteiger partial charge in [0.05, 0.1) is 12.2 Å². The fourth-order valence-electron chi connectivity index (χ4n) is 1.88. The first kappa shape index (κ1) is 13.1. The van der Waals surface area contributed by atoms with Gasteiger partial charge in [-0.05, 0) is 32.4 Å². The van der Waals surface area contributed by atoms with Crippen LogP contribution in [0.5, 0.6) is 0 Å². The van der Waals surface area contributed by atoms with Gasteiger partial charge in [-0.25, -0.2) is 4.79 Å². The van der Waals surface area contributed by atoms with Crippen molar-refractivity contribution in [2.45, 2.75) is 39.3 Å². The van der Waals surface area contributed by atoms with Gasteiger partial charge in [-0.15, -0.1) is 0 Å². The quantitative estimate of drug-likeness (QED) is 0.757. The third kappa shape index (κ3) is 3.09. The first-order valence-electron chi connectivity index (χ1n) is 6.06. The maximum Gasteiger partial charge on any atom is 0.340 e. The Morgan fingerprint density at radius 3 is 2.78 bits per heavy atom. The van der Waals surface area contributed by atoms with E-state index in [1.165, 1.54) is 0 Å². The molecule has 18 heavy (non-hydrogen) atoms. The summed E-state index contributed by atoms with van der Waals surface area (Å²) < 4.78 is 16.3. The van der Waals surface area contributed by atoms with E-state index in [1.54, 1.807) is 19.9 Å². The summed E-state index contributed by atoms with van der Waals surface area (Å²) >= 11 is 0. The van der Waals surface area contributed by atoms with E-state index >= 15 is 0 Å². The van der Waals surface area contributed by atoms with Gasteiger partial charge in [-0.2, -0.15) is 0 Å². The Morgan fingerprint density at radius 2 is 2.11 bits per heavy atom. The summed E-state index contributed by atoms with van der Waals surface area (Å²) in [6.45, 7) is 6.02. The fraction of sp³-hybridized carbons (Fsp3) is 0.500. The molecule has 98 valence electrons. The van der Waals surface area contributed by atoms with Crippen LogP contribution in [-0.2, 0) is 14.2 Å². The van der Waals surface area contributed by atoms with Crippen molar-refractivity contribution in [3.63, 3.8) is 0 Å². The Balaban J connectivity index is 2.02. The molecule has 0 N–H and O–H groups in total. The van der Waals surface area contributed by atoms with E-state index < -0.39 is 12.1 Å². The number of esters is 1. The molecule has 0 saturated carbocycles. The molecule has 4 heteroatoms. The highest BCUT2D eigenvalue weighted by molar-refractivity contribution is 5.91. The van der Waals surface area contributed by atoms with Gasteiger partial charge >= 0.3 is 5.97 Å². The summed E-state index contributed by atoms with van der Waals surface area (Å²) in [6.07, 6.45) is 0.0157. The zero-order valence-corrected chi connectivity index (χ0v) is 10.9. The summed E-state index contributed by atoms with van der Waals surface area (Å²) in [7, 11) is 0. The molecule has 1 unspecified atom stereocenters. The maximum atomic E-state index is 12.0. The van der Waals surface area contributed by atoms with Crippen molar-refractivity contribution in [2.24, 2.45) is 0 Å². The number of rotatable bonds is 2. The molecule has 0 spiro atoms. The largest absolute Gasteiger partial charge is 0.432 e. The van der Waals surface area contributed by atoms with Gasteiger partial charge in [-0.1, -0.05) is 18.2 Å². The minimum absolute atomic E-state index is 0.351. The fourth-order valence-corrected chi connectivity index (χ4v) is 1.88. The van der Waals surface area contributed by atoms with E-state index in [9.17, 15) is 4.79 Å². The molecule has 0 amide bonds. The summed E-state index contributed by atoms with van der Waals surface area (Å²) in [5.74, 6) is -1.05. The Hall–Kier alpha value is -1.39. The number of hydrogen-bond acceptors (Lipinski definition) is 4. The lowest BCUT2D eigenvalue weighted by Gasteiger charge is -2.35. The normalized spacial score (nSPS) is 22.5. The van der Waals surface area contributed by atoms with Crippen LogP contribution in [-0.4, -0.2) is 24.7 Å². The average Bonchev–Trinajstić information content (AvgIpc) is 2.28. The second-order valence-electron chi connectivity index (χ2n) is 4.80. The lowest BCUT2D eigenvalue weighted by molar-refractivity contribution is -0.317. The summed E-state index contributed by atoms with van der Waals surface area (Å²) in [6, 6.07) is 7.34. The van der Waals surface area contributed by atoms with Crippen LogP contribution in [0.2, 0.25) is 0 Å². The number of benzene rings is 1. The topological polar surface area (TPSA) is 44.8 Å². The molecule has 0 bridgehead atoms. The van der Waals surface area contributed by atoms with Gasteiger partial charge in [0.25, 0.3) is 0 Å². The van der Waals surface area contributed by atoms with Crippen molar-refractivity contribution in [1.29, 1.82) is 0 Å². The predicted octanol–water partition coefficient (Wildman–Crippen LogP) is 2.65. The molecule has 1 saturated heterocycles. The van der Waals surface area contributed by atoms with Crippen LogP contribution in [0.1, 0.15) is 36.2 Å². The van der Waals surface area contributed by atoms with Gasteiger partial charge in [0.2, 0.25) is 6.29 Å². The Bertz CT molecular complexity index is 439. The van der Waals surface area contributed by atoms with E-state index in [-0.39, 0.29) is 5.97 Å². The second-order valence-corrected chi connectivity index (χ2v) is 4.80. The summed E-state index contributed by atoms with van der Waals surface area (Å²) in [5, 5.41) is 0. The zero-order valence-electron chi connectivity index (χ0n) is 10.9. The zero-order chi connectivity index (χ0) is 13.2. The molecule has 1 aliphatic rings. The van der Waals surface area contributed by atoms with E-state index in [0.29, 0.717) is 18.6 Å². The molecular weight excluding hydrogens is 232 g/mol. The van der Waals surface area contributed by atoms with Crippen LogP contribution in [0.4, 0.5) is 0 Å². The third-order valence-corrected chi connectivity index (χ3v) is 2.82. The van der Waals surface area contributed by atoms with Crippen LogP contribution >= 0.6 is 0 Å². The highest BCUT2D eigenvalue weighted by atomic mass is 16.8. The Labute approximate surface area is 107 Å². The molecule has 1 atom stereocenters.